The first kappa shape index (κ1) is 18.6. The number of allylic oxidation sites excluding steroid dienone is 1. The number of hydrogen-bond acceptors (Lipinski definition) is 5. The maximum atomic E-state index is 12.5. The standard InChI is InChI=1S/C19H23F2NO4/c1-22-9-8-19(12-4-5-14(24-2)15(10-12)25-3)7-6-13(11-16(19)22)26-18(23)17(20)21/h4-6,10,16-17H,7-9,11H2,1-3H3. The van der Waals surface area contributed by atoms with Crippen LogP contribution in [0.4, 0.5) is 8.78 Å². The molecular weight excluding hydrogens is 344 g/mol. The lowest BCUT2D eigenvalue weighted by Crippen LogP contribution is -2.43. The summed E-state index contributed by atoms with van der Waals surface area (Å²) in [5.41, 5.74) is 0.940. The molecular formula is C19H23F2NO4. The van der Waals surface area contributed by atoms with Crippen molar-refractivity contribution in [1.29, 1.82) is 0 Å². The molecule has 2 aliphatic rings. The van der Waals surface area contributed by atoms with Crippen LogP contribution in [0.1, 0.15) is 24.8 Å². The number of likely N-dealkylation sites (N-methyl/N-ethyl adjacent to an activating group) is 1. The number of halogens is 2. The van der Waals surface area contributed by atoms with Gasteiger partial charge in [0.2, 0.25) is 0 Å². The van der Waals surface area contributed by atoms with Crippen LogP contribution in [0.3, 0.4) is 0 Å². The van der Waals surface area contributed by atoms with Gasteiger partial charge in [0, 0.05) is 17.9 Å². The predicted molar refractivity (Wildman–Crippen MR) is 91.7 cm³/mol. The van der Waals surface area contributed by atoms with E-state index >= 15 is 0 Å². The van der Waals surface area contributed by atoms with Crippen LogP contribution in [0.15, 0.2) is 30.0 Å². The molecule has 2 unspecified atom stereocenters. The third-order valence-corrected chi connectivity index (χ3v) is 5.54. The summed E-state index contributed by atoms with van der Waals surface area (Å²) in [5.74, 6) is 0.153. The lowest BCUT2D eigenvalue weighted by molar-refractivity contribution is -0.152. The second-order valence-electron chi connectivity index (χ2n) is 6.77. The average Bonchev–Trinajstić information content (AvgIpc) is 2.98. The van der Waals surface area contributed by atoms with Gasteiger partial charge in [0.15, 0.2) is 11.5 Å². The Kier molecular flexibility index (Phi) is 5.18. The SMILES string of the molecule is COc1ccc(C23CC=C(OC(=O)C(F)F)CC2N(C)CC3)cc1OC. The molecule has 1 fully saturated rings. The Labute approximate surface area is 151 Å². The zero-order chi connectivity index (χ0) is 18.9. The highest BCUT2D eigenvalue weighted by Gasteiger charge is 2.49. The number of ether oxygens (including phenoxy) is 3. The third-order valence-electron chi connectivity index (χ3n) is 5.54. The summed E-state index contributed by atoms with van der Waals surface area (Å²) in [7, 11) is 5.19. The van der Waals surface area contributed by atoms with Crippen molar-refractivity contribution in [2.45, 2.75) is 37.1 Å². The van der Waals surface area contributed by atoms with Crippen LogP contribution in [0.5, 0.6) is 11.5 Å². The Balaban J connectivity index is 1.93. The highest BCUT2D eigenvalue weighted by Crippen LogP contribution is 2.49. The molecule has 0 N–H and O–H groups in total. The quantitative estimate of drug-likeness (QED) is 0.749. The van der Waals surface area contributed by atoms with Gasteiger partial charge in [-0.1, -0.05) is 6.07 Å². The molecule has 0 amide bonds. The normalized spacial score (nSPS) is 25.6. The third kappa shape index (κ3) is 3.16. The minimum absolute atomic E-state index is 0.0612. The molecule has 0 radical (unpaired) electrons. The molecule has 2 atom stereocenters. The van der Waals surface area contributed by atoms with Crippen LogP contribution >= 0.6 is 0 Å². The van der Waals surface area contributed by atoms with Crippen LogP contribution in [0, 0.1) is 0 Å². The van der Waals surface area contributed by atoms with E-state index < -0.39 is 12.4 Å². The van der Waals surface area contributed by atoms with Crippen molar-refractivity contribution in [1.82, 2.24) is 4.90 Å². The van der Waals surface area contributed by atoms with Gasteiger partial charge in [-0.2, -0.15) is 8.78 Å². The van der Waals surface area contributed by atoms with E-state index in [9.17, 15) is 13.6 Å². The summed E-state index contributed by atoms with van der Waals surface area (Å²) in [4.78, 5) is 13.4. The molecule has 0 aromatic heterocycles. The number of benzene rings is 1. The molecule has 7 heteroatoms. The van der Waals surface area contributed by atoms with Crippen molar-refractivity contribution in [3.8, 4) is 11.5 Å². The predicted octanol–water partition coefficient (Wildman–Crippen LogP) is 3.13. The Hall–Kier alpha value is -2.15. The van der Waals surface area contributed by atoms with Crippen LogP contribution in [0.2, 0.25) is 0 Å². The molecule has 1 aromatic carbocycles. The van der Waals surface area contributed by atoms with Crippen molar-refractivity contribution in [3.63, 3.8) is 0 Å². The zero-order valence-corrected chi connectivity index (χ0v) is 15.1. The summed E-state index contributed by atoms with van der Waals surface area (Å²) >= 11 is 0. The maximum Gasteiger partial charge on any atom is 0.378 e. The molecule has 1 aliphatic heterocycles. The smallest absolute Gasteiger partial charge is 0.378 e. The fourth-order valence-electron chi connectivity index (χ4n) is 4.14. The molecule has 1 saturated heterocycles. The second-order valence-corrected chi connectivity index (χ2v) is 6.77. The lowest BCUT2D eigenvalue weighted by atomic mass is 9.68. The summed E-state index contributed by atoms with van der Waals surface area (Å²) in [5, 5.41) is 0. The first-order valence-corrected chi connectivity index (χ1v) is 8.53. The Morgan fingerprint density at radius 1 is 1.27 bits per heavy atom. The van der Waals surface area contributed by atoms with Crippen molar-refractivity contribution in [3.05, 3.63) is 35.6 Å². The van der Waals surface area contributed by atoms with E-state index in [0.29, 0.717) is 30.1 Å². The van der Waals surface area contributed by atoms with E-state index in [1.807, 2.05) is 25.2 Å². The molecule has 1 heterocycles. The number of fused-ring (bicyclic) bond motifs is 1. The van der Waals surface area contributed by atoms with Crippen LogP contribution in [-0.2, 0) is 14.9 Å². The molecule has 1 aromatic rings. The van der Waals surface area contributed by atoms with E-state index in [1.165, 1.54) is 0 Å². The molecule has 1 aliphatic carbocycles. The minimum Gasteiger partial charge on any atom is -0.493 e. The van der Waals surface area contributed by atoms with Gasteiger partial charge in [-0.25, -0.2) is 4.79 Å². The monoisotopic (exact) mass is 367 g/mol. The molecule has 5 nitrogen and oxygen atoms in total. The van der Waals surface area contributed by atoms with E-state index in [0.717, 1.165) is 18.5 Å². The van der Waals surface area contributed by atoms with Crippen LogP contribution in [-0.4, -0.2) is 51.1 Å². The number of nitrogens with zero attached hydrogens (tertiary/aromatic N) is 1. The summed E-state index contributed by atoms with van der Waals surface area (Å²) < 4.78 is 40.6. The highest BCUT2D eigenvalue weighted by molar-refractivity contribution is 5.74. The van der Waals surface area contributed by atoms with E-state index in [-0.39, 0.29) is 11.5 Å². The molecule has 0 bridgehead atoms. The Bertz CT molecular complexity index is 721. The maximum absolute atomic E-state index is 12.5. The number of carbonyl (C=O) groups is 1. The van der Waals surface area contributed by atoms with Gasteiger partial charge in [-0.3, -0.25) is 0 Å². The fraction of sp³-hybridized carbons (Fsp3) is 0.526. The number of likely N-dealkylation sites (tertiary alicyclic amines) is 1. The van der Waals surface area contributed by atoms with Crippen molar-refractivity contribution in [2.24, 2.45) is 0 Å². The van der Waals surface area contributed by atoms with Gasteiger partial charge >= 0.3 is 12.4 Å². The number of esters is 1. The Morgan fingerprint density at radius 2 is 2.00 bits per heavy atom. The first-order valence-electron chi connectivity index (χ1n) is 8.53. The average molecular weight is 367 g/mol. The Morgan fingerprint density at radius 3 is 2.65 bits per heavy atom. The molecule has 0 spiro atoms. The summed E-state index contributed by atoms with van der Waals surface area (Å²) in [6, 6.07) is 5.95. The summed E-state index contributed by atoms with van der Waals surface area (Å²) in [6.45, 7) is 0.878. The van der Waals surface area contributed by atoms with Crippen LogP contribution in [0.25, 0.3) is 0 Å². The molecule has 0 saturated carbocycles. The molecule has 3 rings (SSSR count). The van der Waals surface area contributed by atoms with Gasteiger partial charge in [-0.15, -0.1) is 0 Å². The first-order chi connectivity index (χ1) is 12.4. The number of alkyl halides is 2. The van der Waals surface area contributed by atoms with Gasteiger partial charge in [0.05, 0.1) is 14.2 Å². The van der Waals surface area contributed by atoms with Gasteiger partial charge in [0.25, 0.3) is 0 Å². The van der Waals surface area contributed by atoms with E-state index in [2.05, 4.69) is 4.90 Å². The number of hydrogen-bond donors (Lipinski definition) is 0. The van der Waals surface area contributed by atoms with Gasteiger partial charge in [-0.05, 0) is 50.2 Å². The number of carbonyl (C=O) groups excluding carboxylic acids is 1. The topological polar surface area (TPSA) is 48.0 Å². The number of methoxy groups -OCH3 is 2. The largest absolute Gasteiger partial charge is 0.493 e. The van der Waals surface area contributed by atoms with Crippen LogP contribution < -0.4 is 9.47 Å². The second kappa shape index (κ2) is 7.23. The van der Waals surface area contributed by atoms with Gasteiger partial charge in [0.1, 0.15) is 5.76 Å². The lowest BCUT2D eigenvalue weighted by Gasteiger charge is -2.40. The van der Waals surface area contributed by atoms with E-state index in [1.54, 1.807) is 20.3 Å². The van der Waals surface area contributed by atoms with Gasteiger partial charge < -0.3 is 19.1 Å². The number of rotatable bonds is 5. The fourth-order valence-corrected chi connectivity index (χ4v) is 4.14. The minimum atomic E-state index is -3.12. The van der Waals surface area contributed by atoms with Crippen molar-refractivity contribution >= 4 is 5.97 Å². The molecule has 142 valence electrons. The highest BCUT2D eigenvalue weighted by atomic mass is 19.3. The summed E-state index contributed by atoms with van der Waals surface area (Å²) in [6.07, 6.45) is 0.616. The zero-order valence-electron chi connectivity index (χ0n) is 15.1. The van der Waals surface area contributed by atoms with Crippen molar-refractivity contribution < 1.29 is 27.8 Å². The van der Waals surface area contributed by atoms with Crippen molar-refractivity contribution in [2.75, 3.05) is 27.8 Å². The van der Waals surface area contributed by atoms with E-state index in [4.69, 9.17) is 14.2 Å². The molecule has 26 heavy (non-hydrogen) atoms.